The van der Waals surface area contributed by atoms with Crippen LogP contribution in [0.4, 0.5) is 11.4 Å². The molecule has 0 aliphatic rings. The number of hydrogen-bond donors (Lipinski definition) is 4. The Bertz CT molecular complexity index is 511. The van der Waals surface area contributed by atoms with Gasteiger partial charge in [0, 0.05) is 11.8 Å². The fourth-order valence-corrected chi connectivity index (χ4v) is 1.34. The topological polar surface area (TPSA) is 72.7 Å². The van der Waals surface area contributed by atoms with Crippen LogP contribution in [0.3, 0.4) is 0 Å². The largest absolute Gasteiger partial charge is 0.506 e. The molecule has 0 saturated heterocycles. The molecular formula is C12H11NO3. The summed E-state index contributed by atoms with van der Waals surface area (Å²) in [6, 6.07) is 11.1. The van der Waals surface area contributed by atoms with Crippen molar-refractivity contribution < 1.29 is 15.3 Å². The molecule has 0 atom stereocenters. The molecular weight excluding hydrogens is 206 g/mol. The van der Waals surface area contributed by atoms with Gasteiger partial charge in [0.1, 0.15) is 5.75 Å². The highest BCUT2D eigenvalue weighted by atomic mass is 16.3. The maximum Gasteiger partial charge on any atom is 0.159 e. The maximum atomic E-state index is 9.52. The Kier molecular flexibility index (Phi) is 2.55. The summed E-state index contributed by atoms with van der Waals surface area (Å²) in [5.41, 5.74) is 1.12. The zero-order valence-electron chi connectivity index (χ0n) is 8.38. The van der Waals surface area contributed by atoms with E-state index in [-0.39, 0.29) is 17.2 Å². The second-order valence-corrected chi connectivity index (χ2v) is 3.35. The summed E-state index contributed by atoms with van der Waals surface area (Å²) in [4.78, 5) is 0. The van der Waals surface area contributed by atoms with E-state index in [1.807, 2.05) is 0 Å². The van der Waals surface area contributed by atoms with E-state index in [2.05, 4.69) is 5.32 Å². The Labute approximate surface area is 92.4 Å². The highest BCUT2D eigenvalue weighted by Gasteiger charge is 2.03. The molecule has 2 aromatic carbocycles. The third-order valence-corrected chi connectivity index (χ3v) is 2.16. The standard InChI is InChI=1S/C12H11NO3/c14-10-4-2-1-3-9(10)13-8-5-6-11(15)12(16)7-8/h1-7,13-16H. The van der Waals surface area contributed by atoms with Crippen LogP contribution < -0.4 is 5.32 Å². The van der Waals surface area contributed by atoms with Gasteiger partial charge in [0.15, 0.2) is 11.5 Å². The Balaban J connectivity index is 2.28. The van der Waals surface area contributed by atoms with Gasteiger partial charge < -0.3 is 20.6 Å². The molecule has 16 heavy (non-hydrogen) atoms. The first-order chi connectivity index (χ1) is 7.66. The van der Waals surface area contributed by atoms with Crippen molar-refractivity contribution in [1.82, 2.24) is 0 Å². The summed E-state index contributed by atoms with van der Waals surface area (Å²) in [6.45, 7) is 0. The van der Waals surface area contributed by atoms with Gasteiger partial charge in [-0.1, -0.05) is 12.1 Å². The van der Waals surface area contributed by atoms with Crippen molar-refractivity contribution in [3.8, 4) is 17.2 Å². The van der Waals surface area contributed by atoms with Crippen molar-refractivity contribution in [2.45, 2.75) is 0 Å². The van der Waals surface area contributed by atoms with Crippen molar-refractivity contribution in [3.05, 3.63) is 42.5 Å². The van der Waals surface area contributed by atoms with Crippen molar-refractivity contribution in [2.75, 3.05) is 5.32 Å². The van der Waals surface area contributed by atoms with Gasteiger partial charge in [0.2, 0.25) is 0 Å². The molecule has 0 aliphatic heterocycles. The maximum absolute atomic E-state index is 9.52. The molecule has 0 unspecified atom stereocenters. The van der Waals surface area contributed by atoms with Gasteiger partial charge >= 0.3 is 0 Å². The summed E-state index contributed by atoms with van der Waals surface area (Å²) in [7, 11) is 0. The summed E-state index contributed by atoms with van der Waals surface area (Å²) in [5.74, 6) is -0.265. The van der Waals surface area contributed by atoms with Crippen LogP contribution in [0.25, 0.3) is 0 Å². The van der Waals surface area contributed by atoms with Crippen LogP contribution >= 0.6 is 0 Å². The second-order valence-electron chi connectivity index (χ2n) is 3.35. The van der Waals surface area contributed by atoms with Gasteiger partial charge in [-0.3, -0.25) is 0 Å². The minimum atomic E-state index is -0.208. The summed E-state index contributed by atoms with van der Waals surface area (Å²) in [6.07, 6.45) is 0. The van der Waals surface area contributed by atoms with Crippen LogP contribution in [0.15, 0.2) is 42.5 Å². The summed E-state index contributed by atoms with van der Waals surface area (Å²) in [5, 5.41) is 30.9. The van der Waals surface area contributed by atoms with Crippen LogP contribution in [0.5, 0.6) is 17.2 Å². The van der Waals surface area contributed by atoms with Crippen LogP contribution in [0, 0.1) is 0 Å². The Morgan fingerprint density at radius 1 is 0.750 bits per heavy atom. The van der Waals surface area contributed by atoms with E-state index in [1.165, 1.54) is 12.1 Å². The van der Waals surface area contributed by atoms with Gasteiger partial charge in [-0.15, -0.1) is 0 Å². The Morgan fingerprint density at radius 3 is 2.19 bits per heavy atom. The van der Waals surface area contributed by atoms with Gasteiger partial charge in [0.05, 0.1) is 5.69 Å². The molecule has 0 saturated carbocycles. The van der Waals surface area contributed by atoms with E-state index < -0.39 is 0 Å². The number of hydrogen-bond acceptors (Lipinski definition) is 4. The lowest BCUT2D eigenvalue weighted by atomic mass is 10.2. The highest BCUT2D eigenvalue weighted by molar-refractivity contribution is 5.67. The predicted molar refractivity (Wildman–Crippen MR) is 61.2 cm³/mol. The van der Waals surface area contributed by atoms with E-state index in [0.717, 1.165) is 0 Å². The molecule has 0 aliphatic carbocycles. The molecule has 4 N–H and O–H groups in total. The first-order valence-electron chi connectivity index (χ1n) is 4.74. The SMILES string of the molecule is Oc1ccc(Nc2ccccc2O)cc1O. The van der Waals surface area contributed by atoms with Crippen molar-refractivity contribution in [1.29, 1.82) is 0 Å². The van der Waals surface area contributed by atoms with Crippen LogP contribution in [-0.4, -0.2) is 15.3 Å². The lowest BCUT2D eigenvalue weighted by Crippen LogP contribution is -1.89. The third kappa shape index (κ3) is 2.00. The highest BCUT2D eigenvalue weighted by Crippen LogP contribution is 2.31. The zero-order chi connectivity index (χ0) is 11.5. The van der Waals surface area contributed by atoms with Crippen molar-refractivity contribution >= 4 is 11.4 Å². The van der Waals surface area contributed by atoms with Crippen LogP contribution in [-0.2, 0) is 0 Å². The number of aromatic hydroxyl groups is 3. The number of phenolic OH excluding ortho intramolecular Hbond substituents is 3. The number of anilines is 2. The van der Waals surface area contributed by atoms with E-state index >= 15 is 0 Å². The minimum Gasteiger partial charge on any atom is -0.506 e. The van der Waals surface area contributed by atoms with Crippen molar-refractivity contribution in [2.24, 2.45) is 0 Å². The first-order valence-corrected chi connectivity index (χ1v) is 4.74. The molecule has 0 spiro atoms. The second kappa shape index (κ2) is 4.02. The normalized spacial score (nSPS) is 10.0. The number of phenols is 3. The monoisotopic (exact) mass is 217 g/mol. The molecule has 4 heteroatoms. The van der Waals surface area contributed by atoms with E-state index in [9.17, 15) is 10.2 Å². The smallest absolute Gasteiger partial charge is 0.159 e. The molecule has 2 aromatic rings. The van der Waals surface area contributed by atoms with Gasteiger partial charge in [-0.05, 0) is 24.3 Å². The Hall–Kier alpha value is -2.36. The fourth-order valence-electron chi connectivity index (χ4n) is 1.34. The lowest BCUT2D eigenvalue weighted by molar-refractivity contribution is 0.404. The molecule has 0 fully saturated rings. The minimum absolute atomic E-state index is 0.120. The number of para-hydroxylation sites is 2. The van der Waals surface area contributed by atoms with Crippen LogP contribution in [0.2, 0.25) is 0 Å². The van der Waals surface area contributed by atoms with Gasteiger partial charge in [-0.2, -0.15) is 0 Å². The molecule has 0 amide bonds. The first kappa shape index (κ1) is 10.2. The van der Waals surface area contributed by atoms with Crippen LogP contribution in [0.1, 0.15) is 0 Å². The van der Waals surface area contributed by atoms with Crippen molar-refractivity contribution in [3.63, 3.8) is 0 Å². The molecule has 0 aromatic heterocycles. The summed E-state index contributed by atoms with van der Waals surface area (Å²) >= 11 is 0. The Morgan fingerprint density at radius 2 is 1.50 bits per heavy atom. The van der Waals surface area contributed by atoms with E-state index in [1.54, 1.807) is 30.3 Å². The molecule has 0 radical (unpaired) electrons. The number of nitrogens with one attached hydrogen (secondary N) is 1. The van der Waals surface area contributed by atoms with Gasteiger partial charge in [0.25, 0.3) is 0 Å². The zero-order valence-corrected chi connectivity index (χ0v) is 8.38. The van der Waals surface area contributed by atoms with E-state index in [4.69, 9.17) is 5.11 Å². The lowest BCUT2D eigenvalue weighted by Gasteiger charge is -2.08. The number of rotatable bonds is 2. The van der Waals surface area contributed by atoms with Gasteiger partial charge in [-0.25, -0.2) is 0 Å². The predicted octanol–water partition coefficient (Wildman–Crippen LogP) is 2.55. The molecule has 4 nitrogen and oxygen atoms in total. The quantitative estimate of drug-likeness (QED) is 0.460. The van der Waals surface area contributed by atoms with E-state index in [0.29, 0.717) is 11.4 Å². The third-order valence-electron chi connectivity index (χ3n) is 2.16. The molecule has 2 rings (SSSR count). The summed E-state index contributed by atoms with van der Waals surface area (Å²) < 4.78 is 0. The average Bonchev–Trinajstić information content (AvgIpc) is 2.27. The molecule has 0 heterocycles. The molecule has 82 valence electrons. The number of benzene rings is 2. The fraction of sp³-hybridized carbons (Fsp3) is 0. The average molecular weight is 217 g/mol. The molecule has 0 bridgehead atoms.